The molecule has 102 valence electrons. The molecule has 0 atom stereocenters. The van der Waals surface area contributed by atoms with E-state index in [2.05, 4.69) is 37.9 Å². The summed E-state index contributed by atoms with van der Waals surface area (Å²) < 4.78 is 0. The van der Waals surface area contributed by atoms with Gasteiger partial charge in [0.25, 0.3) is 0 Å². The van der Waals surface area contributed by atoms with E-state index < -0.39 is 0 Å². The van der Waals surface area contributed by atoms with Crippen LogP contribution in [0.25, 0.3) is 0 Å². The topological polar surface area (TPSA) is 41.3 Å². The molecule has 0 saturated carbocycles. The standard InChI is InChI=1S/C14H24ClN3/c1-10(2)18(11(3)4)8-7-17-14-6-5-12(16)9-13(14)15/h5-6,9-11,17H,7-8,16H2,1-4H3. The van der Waals surface area contributed by atoms with Gasteiger partial charge in [-0.25, -0.2) is 0 Å². The molecule has 3 N–H and O–H groups in total. The van der Waals surface area contributed by atoms with Gasteiger partial charge in [0.05, 0.1) is 10.7 Å². The van der Waals surface area contributed by atoms with Crippen LogP contribution in [0.5, 0.6) is 0 Å². The summed E-state index contributed by atoms with van der Waals surface area (Å²) in [5, 5.41) is 4.03. The Morgan fingerprint density at radius 2 is 1.83 bits per heavy atom. The quantitative estimate of drug-likeness (QED) is 0.777. The average Bonchev–Trinajstić information content (AvgIpc) is 2.25. The van der Waals surface area contributed by atoms with E-state index in [0.717, 1.165) is 18.8 Å². The van der Waals surface area contributed by atoms with Crippen LogP contribution in [0.2, 0.25) is 5.02 Å². The summed E-state index contributed by atoms with van der Waals surface area (Å²) in [7, 11) is 0. The van der Waals surface area contributed by atoms with Gasteiger partial charge in [-0.1, -0.05) is 11.6 Å². The lowest BCUT2D eigenvalue weighted by Gasteiger charge is -2.30. The van der Waals surface area contributed by atoms with Crippen molar-refractivity contribution in [3.8, 4) is 0 Å². The van der Waals surface area contributed by atoms with E-state index in [1.165, 1.54) is 0 Å². The summed E-state index contributed by atoms with van der Waals surface area (Å²) in [6, 6.07) is 6.65. The maximum absolute atomic E-state index is 6.11. The maximum Gasteiger partial charge on any atom is 0.0657 e. The van der Waals surface area contributed by atoms with Crippen molar-refractivity contribution in [2.45, 2.75) is 39.8 Å². The first kappa shape index (κ1) is 15.1. The van der Waals surface area contributed by atoms with Crippen LogP contribution < -0.4 is 11.1 Å². The van der Waals surface area contributed by atoms with Gasteiger partial charge in [-0.3, -0.25) is 4.90 Å². The van der Waals surface area contributed by atoms with Gasteiger partial charge in [-0.2, -0.15) is 0 Å². The molecule has 0 unspecified atom stereocenters. The van der Waals surface area contributed by atoms with Gasteiger partial charge in [0, 0.05) is 30.9 Å². The van der Waals surface area contributed by atoms with Crippen LogP contribution in [0, 0.1) is 0 Å². The van der Waals surface area contributed by atoms with Crippen LogP contribution in [0.15, 0.2) is 18.2 Å². The SMILES string of the molecule is CC(C)N(CCNc1ccc(N)cc1Cl)C(C)C. The minimum absolute atomic E-state index is 0.550. The van der Waals surface area contributed by atoms with Gasteiger partial charge in [0.15, 0.2) is 0 Å². The Labute approximate surface area is 115 Å². The highest BCUT2D eigenvalue weighted by Gasteiger charge is 2.12. The number of hydrogen-bond donors (Lipinski definition) is 2. The third kappa shape index (κ3) is 4.39. The number of nitrogens with zero attached hydrogens (tertiary/aromatic N) is 1. The lowest BCUT2D eigenvalue weighted by atomic mass is 10.2. The second kappa shape index (κ2) is 6.86. The molecule has 1 aromatic rings. The summed E-state index contributed by atoms with van der Waals surface area (Å²) in [5.74, 6) is 0. The fraction of sp³-hybridized carbons (Fsp3) is 0.571. The van der Waals surface area contributed by atoms with E-state index in [1.54, 1.807) is 6.07 Å². The van der Waals surface area contributed by atoms with Crippen LogP contribution in [-0.2, 0) is 0 Å². The molecule has 0 fully saturated rings. The Bertz CT molecular complexity index is 369. The number of rotatable bonds is 6. The number of nitrogen functional groups attached to an aromatic ring is 1. The highest BCUT2D eigenvalue weighted by Crippen LogP contribution is 2.23. The molecule has 0 amide bonds. The van der Waals surface area contributed by atoms with Crippen LogP contribution in [-0.4, -0.2) is 30.1 Å². The highest BCUT2D eigenvalue weighted by molar-refractivity contribution is 6.33. The van der Waals surface area contributed by atoms with E-state index in [9.17, 15) is 0 Å². The van der Waals surface area contributed by atoms with Crippen LogP contribution in [0.4, 0.5) is 11.4 Å². The lowest BCUT2D eigenvalue weighted by molar-refractivity contribution is 0.182. The van der Waals surface area contributed by atoms with Crippen molar-refractivity contribution >= 4 is 23.0 Å². The second-order valence-corrected chi connectivity index (χ2v) is 5.50. The molecule has 3 nitrogen and oxygen atoms in total. The molecule has 0 heterocycles. The van der Waals surface area contributed by atoms with Crippen LogP contribution >= 0.6 is 11.6 Å². The van der Waals surface area contributed by atoms with E-state index in [-0.39, 0.29) is 0 Å². The monoisotopic (exact) mass is 269 g/mol. The second-order valence-electron chi connectivity index (χ2n) is 5.09. The first-order chi connectivity index (χ1) is 8.41. The molecule has 0 saturated heterocycles. The van der Waals surface area contributed by atoms with Crippen LogP contribution in [0.1, 0.15) is 27.7 Å². The first-order valence-corrected chi connectivity index (χ1v) is 6.84. The first-order valence-electron chi connectivity index (χ1n) is 6.46. The van der Waals surface area contributed by atoms with Crippen molar-refractivity contribution in [1.29, 1.82) is 0 Å². The number of hydrogen-bond acceptors (Lipinski definition) is 3. The molecule has 0 aromatic heterocycles. The Morgan fingerprint density at radius 3 is 2.33 bits per heavy atom. The number of anilines is 2. The molecule has 0 aliphatic carbocycles. The summed E-state index contributed by atoms with van der Waals surface area (Å²) in [4.78, 5) is 2.44. The third-order valence-electron chi connectivity index (χ3n) is 3.01. The smallest absolute Gasteiger partial charge is 0.0657 e. The molecule has 0 bridgehead atoms. The Morgan fingerprint density at radius 1 is 1.22 bits per heavy atom. The van der Waals surface area contributed by atoms with Crippen molar-refractivity contribution in [3.05, 3.63) is 23.2 Å². The molecule has 0 spiro atoms. The van der Waals surface area contributed by atoms with Crippen molar-refractivity contribution in [1.82, 2.24) is 4.90 Å². The fourth-order valence-corrected chi connectivity index (χ4v) is 2.36. The van der Waals surface area contributed by atoms with E-state index in [0.29, 0.717) is 22.8 Å². The Hall–Kier alpha value is -0.930. The molecule has 0 radical (unpaired) electrons. The molecular weight excluding hydrogens is 246 g/mol. The number of nitrogens with two attached hydrogens (primary N) is 1. The molecule has 4 heteroatoms. The normalized spacial score (nSPS) is 11.6. The molecule has 1 rings (SSSR count). The molecule has 0 aliphatic rings. The zero-order valence-electron chi connectivity index (χ0n) is 11.7. The Kier molecular flexibility index (Phi) is 5.76. The molecule has 18 heavy (non-hydrogen) atoms. The summed E-state index contributed by atoms with van der Waals surface area (Å²) in [6.45, 7) is 10.7. The van der Waals surface area contributed by atoms with Gasteiger partial charge in [0.1, 0.15) is 0 Å². The van der Waals surface area contributed by atoms with Gasteiger partial charge >= 0.3 is 0 Å². The van der Waals surface area contributed by atoms with E-state index >= 15 is 0 Å². The van der Waals surface area contributed by atoms with Gasteiger partial charge < -0.3 is 11.1 Å². The minimum atomic E-state index is 0.550. The van der Waals surface area contributed by atoms with Crippen LogP contribution in [0.3, 0.4) is 0 Å². The maximum atomic E-state index is 6.11. The lowest BCUT2D eigenvalue weighted by Crippen LogP contribution is -2.40. The van der Waals surface area contributed by atoms with Gasteiger partial charge in [-0.15, -0.1) is 0 Å². The zero-order chi connectivity index (χ0) is 13.7. The number of halogens is 1. The van der Waals surface area contributed by atoms with Crippen molar-refractivity contribution in [2.75, 3.05) is 24.1 Å². The Balaban J connectivity index is 2.50. The summed E-state index contributed by atoms with van der Waals surface area (Å²) >= 11 is 6.11. The predicted molar refractivity (Wildman–Crippen MR) is 81.3 cm³/mol. The van der Waals surface area contributed by atoms with E-state index in [4.69, 9.17) is 17.3 Å². The molecular formula is C14H24ClN3. The molecule has 1 aromatic carbocycles. The number of benzene rings is 1. The third-order valence-corrected chi connectivity index (χ3v) is 3.32. The minimum Gasteiger partial charge on any atom is -0.399 e. The van der Waals surface area contributed by atoms with Gasteiger partial charge in [0.2, 0.25) is 0 Å². The molecule has 0 aliphatic heterocycles. The fourth-order valence-electron chi connectivity index (χ4n) is 2.11. The summed E-state index contributed by atoms with van der Waals surface area (Å²) in [6.07, 6.45) is 0. The highest BCUT2D eigenvalue weighted by atomic mass is 35.5. The van der Waals surface area contributed by atoms with Crippen molar-refractivity contribution < 1.29 is 0 Å². The van der Waals surface area contributed by atoms with E-state index in [1.807, 2.05) is 12.1 Å². The van der Waals surface area contributed by atoms with Crippen molar-refractivity contribution in [3.63, 3.8) is 0 Å². The predicted octanol–water partition coefficient (Wildman–Crippen LogP) is 3.45. The zero-order valence-corrected chi connectivity index (χ0v) is 12.5. The largest absolute Gasteiger partial charge is 0.399 e. The average molecular weight is 270 g/mol. The summed E-state index contributed by atoms with van der Waals surface area (Å²) in [5.41, 5.74) is 7.30. The van der Waals surface area contributed by atoms with Crippen molar-refractivity contribution in [2.24, 2.45) is 0 Å². The van der Waals surface area contributed by atoms with Gasteiger partial charge in [-0.05, 0) is 45.9 Å². The number of nitrogens with one attached hydrogen (secondary N) is 1.